The summed E-state index contributed by atoms with van der Waals surface area (Å²) in [5.41, 5.74) is 5.07. The van der Waals surface area contributed by atoms with Crippen LogP contribution in [-0.4, -0.2) is 28.9 Å². The maximum absolute atomic E-state index is 11.9. The molecule has 0 spiro atoms. The first-order chi connectivity index (χ1) is 12.6. The Balaban J connectivity index is 1.91. The number of amides is 1. The third kappa shape index (κ3) is 5.72. The van der Waals surface area contributed by atoms with E-state index in [0.29, 0.717) is 15.8 Å². The van der Waals surface area contributed by atoms with E-state index in [0.717, 1.165) is 5.56 Å². The molecule has 0 aliphatic heterocycles. The van der Waals surface area contributed by atoms with Crippen molar-refractivity contribution in [2.75, 3.05) is 6.61 Å². The van der Waals surface area contributed by atoms with Crippen LogP contribution in [0.4, 0.5) is 0 Å². The minimum atomic E-state index is -0.410. The lowest BCUT2D eigenvalue weighted by Gasteiger charge is -2.20. The van der Waals surface area contributed by atoms with Gasteiger partial charge in [-0.3, -0.25) is 4.79 Å². The Morgan fingerprint density at radius 2 is 1.96 bits per heavy atom. The van der Waals surface area contributed by atoms with Gasteiger partial charge in [-0.15, -0.1) is 0 Å². The summed E-state index contributed by atoms with van der Waals surface area (Å²) < 4.78 is 5.88. The molecule has 2 aromatic rings. The van der Waals surface area contributed by atoms with E-state index in [1.807, 2.05) is 19.1 Å². The second kappa shape index (κ2) is 8.43. The van der Waals surface area contributed by atoms with E-state index in [9.17, 15) is 15.0 Å². The molecule has 1 amide bonds. The third-order valence-corrected chi connectivity index (χ3v) is 4.47. The third-order valence-electron chi connectivity index (χ3n) is 3.87. The lowest BCUT2D eigenvalue weighted by Crippen LogP contribution is -2.24. The number of carbonyl (C=O) groups excluding carboxylic acids is 1. The highest BCUT2D eigenvalue weighted by atomic mass is 79.9. The number of benzene rings is 2. The average molecular weight is 435 g/mol. The molecule has 0 aliphatic rings. The number of carbonyl (C=O) groups is 1. The molecule has 0 aliphatic carbocycles. The number of ether oxygens (including phenoxy) is 1. The van der Waals surface area contributed by atoms with Gasteiger partial charge in [-0.1, -0.05) is 32.9 Å². The molecule has 27 heavy (non-hydrogen) atoms. The number of nitrogens with zero attached hydrogens (tertiary/aromatic N) is 1. The molecule has 0 aromatic heterocycles. The molecule has 0 heterocycles. The van der Waals surface area contributed by atoms with E-state index in [-0.39, 0.29) is 23.5 Å². The first kappa shape index (κ1) is 20.8. The SMILES string of the molecule is Cc1cc(C(C)(C)C)ccc1OCC(=O)N/N=C/c1cc(O)c(O)c(Br)c1. The fraction of sp³-hybridized carbons (Fsp3) is 0.300. The summed E-state index contributed by atoms with van der Waals surface area (Å²) in [4.78, 5) is 11.9. The second-order valence-corrected chi connectivity index (χ2v) is 8.04. The molecule has 2 rings (SSSR count). The predicted octanol–water partition coefficient (Wildman–Crippen LogP) is 4.00. The van der Waals surface area contributed by atoms with Gasteiger partial charge in [-0.2, -0.15) is 5.10 Å². The van der Waals surface area contributed by atoms with Crippen LogP contribution < -0.4 is 10.2 Å². The Hall–Kier alpha value is -2.54. The zero-order valence-corrected chi connectivity index (χ0v) is 17.3. The minimum Gasteiger partial charge on any atom is -0.504 e. The topological polar surface area (TPSA) is 91.2 Å². The van der Waals surface area contributed by atoms with Crippen molar-refractivity contribution in [3.05, 3.63) is 51.5 Å². The van der Waals surface area contributed by atoms with Crippen LogP contribution in [0.25, 0.3) is 0 Å². The first-order valence-electron chi connectivity index (χ1n) is 8.35. The molecule has 6 nitrogen and oxygen atoms in total. The first-order valence-corrected chi connectivity index (χ1v) is 9.14. The summed E-state index contributed by atoms with van der Waals surface area (Å²) in [5.74, 6) is -0.297. The molecule has 0 unspecified atom stereocenters. The number of phenols is 2. The van der Waals surface area contributed by atoms with Gasteiger partial charge in [0.05, 0.1) is 10.7 Å². The van der Waals surface area contributed by atoms with Crippen molar-refractivity contribution in [3.8, 4) is 17.2 Å². The minimum absolute atomic E-state index is 0.0486. The van der Waals surface area contributed by atoms with Crippen molar-refractivity contribution in [1.29, 1.82) is 0 Å². The van der Waals surface area contributed by atoms with Gasteiger partial charge in [0.2, 0.25) is 0 Å². The largest absolute Gasteiger partial charge is 0.504 e. The summed E-state index contributed by atoms with van der Waals surface area (Å²) in [6, 6.07) is 8.80. The van der Waals surface area contributed by atoms with Crippen LogP contribution >= 0.6 is 15.9 Å². The molecule has 0 bridgehead atoms. The van der Waals surface area contributed by atoms with E-state index in [2.05, 4.69) is 53.3 Å². The zero-order chi connectivity index (χ0) is 20.2. The number of rotatable bonds is 5. The van der Waals surface area contributed by atoms with Crippen LogP contribution in [0.15, 0.2) is 39.9 Å². The Labute approximate surface area is 167 Å². The van der Waals surface area contributed by atoms with E-state index < -0.39 is 5.91 Å². The molecular weight excluding hydrogens is 412 g/mol. The molecule has 144 valence electrons. The summed E-state index contributed by atoms with van der Waals surface area (Å²) >= 11 is 3.11. The van der Waals surface area contributed by atoms with Crippen molar-refractivity contribution < 1.29 is 19.7 Å². The monoisotopic (exact) mass is 434 g/mol. The average Bonchev–Trinajstić information content (AvgIpc) is 2.57. The van der Waals surface area contributed by atoms with Crippen LogP contribution in [0.1, 0.15) is 37.5 Å². The normalized spacial score (nSPS) is 11.6. The fourth-order valence-corrected chi connectivity index (χ4v) is 2.78. The van der Waals surface area contributed by atoms with E-state index in [1.54, 1.807) is 6.07 Å². The number of aromatic hydroxyl groups is 2. The standard InChI is InChI=1S/C20H23BrN2O4/c1-12-7-14(20(2,3)4)5-6-17(12)27-11-18(25)23-22-10-13-8-15(21)19(26)16(24)9-13/h5-10,24,26H,11H2,1-4H3,(H,23,25)/b22-10+. The smallest absolute Gasteiger partial charge is 0.277 e. The molecular formula is C20H23BrN2O4. The molecule has 0 saturated carbocycles. The van der Waals surface area contributed by atoms with Crippen molar-refractivity contribution in [1.82, 2.24) is 5.43 Å². The molecule has 0 saturated heterocycles. The van der Waals surface area contributed by atoms with E-state index in [4.69, 9.17) is 4.74 Å². The highest BCUT2D eigenvalue weighted by Crippen LogP contribution is 2.33. The lowest BCUT2D eigenvalue weighted by atomic mass is 9.86. The Kier molecular flexibility index (Phi) is 6.49. The second-order valence-electron chi connectivity index (χ2n) is 7.18. The lowest BCUT2D eigenvalue weighted by molar-refractivity contribution is -0.123. The van der Waals surface area contributed by atoms with Gasteiger partial charge in [-0.05, 0) is 63.2 Å². The fourth-order valence-electron chi connectivity index (χ4n) is 2.31. The summed E-state index contributed by atoms with van der Waals surface area (Å²) in [6.07, 6.45) is 1.35. The molecule has 7 heteroatoms. The van der Waals surface area contributed by atoms with Gasteiger partial charge in [0.1, 0.15) is 5.75 Å². The Bertz CT molecular complexity index is 850. The number of halogens is 1. The van der Waals surface area contributed by atoms with Crippen molar-refractivity contribution in [2.24, 2.45) is 5.10 Å². The van der Waals surface area contributed by atoms with E-state index in [1.165, 1.54) is 17.8 Å². The van der Waals surface area contributed by atoms with Gasteiger partial charge >= 0.3 is 0 Å². The molecule has 0 atom stereocenters. The zero-order valence-electron chi connectivity index (χ0n) is 15.7. The van der Waals surface area contributed by atoms with Crippen molar-refractivity contribution in [2.45, 2.75) is 33.1 Å². The van der Waals surface area contributed by atoms with Gasteiger partial charge in [-0.25, -0.2) is 5.43 Å². The Morgan fingerprint density at radius 3 is 2.56 bits per heavy atom. The number of aryl methyl sites for hydroxylation is 1. The number of hydrogen-bond acceptors (Lipinski definition) is 5. The van der Waals surface area contributed by atoms with Crippen LogP contribution in [-0.2, 0) is 10.2 Å². The molecule has 3 N–H and O–H groups in total. The van der Waals surface area contributed by atoms with Crippen LogP contribution in [0.5, 0.6) is 17.2 Å². The highest BCUT2D eigenvalue weighted by molar-refractivity contribution is 9.10. The maximum Gasteiger partial charge on any atom is 0.277 e. The van der Waals surface area contributed by atoms with Gasteiger partial charge in [0.25, 0.3) is 5.91 Å². The van der Waals surface area contributed by atoms with Crippen molar-refractivity contribution >= 4 is 28.1 Å². The summed E-state index contributed by atoms with van der Waals surface area (Å²) in [5, 5.41) is 22.8. The highest BCUT2D eigenvalue weighted by Gasteiger charge is 2.15. The van der Waals surface area contributed by atoms with Gasteiger partial charge in [0.15, 0.2) is 18.1 Å². The van der Waals surface area contributed by atoms with Gasteiger partial charge in [0, 0.05) is 0 Å². The molecule has 0 radical (unpaired) electrons. The van der Waals surface area contributed by atoms with Crippen LogP contribution in [0.3, 0.4) is 0 Å². The number of nitrogens with one attached hydrogen (secondary N) is 1. The molecule has 2 aromatic carbocycles. The van der Waals surface area contributed by atoms with Gasteiger partial charge < -0.3 is 14.9 Å². The van der Waals surface area contributed by atoms with Crippen molar-refractivity contribution in [3.63, 3.8) is 0 Å². The quantitative estimate of drug-likeness (QED) is 0.376. The summed E-state index contributed by atoms with van der Waals surface area (Å²) in [7, 11) is 0. The Morgan fingerprint density at radius 1 is 1.26 bits per heavy atom. The molecule has 0 fully saturated rings. The number of phenolic OH excluding ortho intramolecular Hbond substituents is 2. The maximum atomic E-state index is 11.9. The number of hydrazone groups is 1. The summed E-state index contributed by atoms with van der Waals surface area (Å²) in [6.45, 7) is 8.19. The predicted molar refractivity (Wildman–Crippen MR) is 109 cm³/mol. The van der Waals surface area contributed by atoms with Crippen LogP contribution in [0.2, 0.25) is 0 Å². The number of hydrogen-bond donors (Lipinski definition) is 3. The van der Waals surface area contributed by atoms with Crippen LogP contribution in [0, 0.1) is 6.92 Å². The van der Waals surface area contributed by atoms with E-state index >= 15 is 0 Å².